The first-order valence-corrected chi connectivity index (χ1v) is 11.9. The van der Waals surface area contributed by atoms with Gasteiger partial charge in [-0.15, -0.1) is 0 Å². The molecule has 3 aromatic carbocycles. The Labute approximate surface area is 182 Å². The number of amides is 1. The molecule has 0 saturated heterocycles. The lowest BCUT2D eigenvalue weighted by Gasteiger charge is -2.12. The fraction of sp³-hybridized carbons (Fsp3) is 0.208. The highest BCUT2D eigenvalue weighted by Gasteiger charge is 2.17. The van der Waals surface area contributed by atoms with Crippen molar-refractivity contribution in [2.24, 2.45) is 0 Å². The number of hydrogen-bond donors (Lipinski definition) is 3. The van der Waals surface area contributed by atoms with E-state index in [0.29, 0.717) is 23.4 Å². The Morgan fingerprint density at radius 1 is 0.935 bits per heavy atom. The van der Waals surface area contributed by atoms with E-state index in [1.165, 1.54) is 0 Å². The Bertz CT molecular complexity index is 1060. The van der Waals surface area contributed by atoms with Gasteiger partial charge in [-0.1, -0.05) is 55.8 Å². The van der Waals surface area contributed by atoms with E-state index < -0.39 is 13.8 Å². The van der Waals surface area contributed by atoms with Gasteiger partial charge in [0.1, 0.15) is 5.75 Å². The highest BCUT2D eigenvalue weighted by molar-refractivity contribution is 7.50. The SMILES string of the molecule is CCCCOc1ccc(-c2ccc(C(=O)Nc3ccccc3CP(=O)(O)O)cc2)cc1. The van der Waals surface area contributed by atoms with Crippen molar-refractivity contribution in [1.82, 2.24) is 0 Å². The summed E-state index contributed by atoms with van der Waals surface area (Å²) in [5, 5.41) is 2.74. The van der Waals surface area contributed by atoms with Gasteiger partial charge in [0.15, 0.2) is 0 Å². The summed E-state index contributed by atoms with van der Waals surface area (Å²) in [7, 11) is -4.24. The molecule has 162 valence electrons. The molecule has 6 nitrogen and oxygen atoms in total. The molecule has 0 aliphatic carbocycles. The first-order chi connectivity index (χ1) is 14.9. The van der Waals surface area contributed by atoms with Crippen molar-refractivity contribution < 1.29 is 23.9 Å². The number of benzene rings is 3. The van der Waals surface area contributed by atoms with Gasteiger partial charge in [0.25, 0.3) is 5.91 Å². The van der Waals surface area contributed by atoms with E-state index in [1.807, 2.05) is 36.4 Å². The number of carbonyl (C=O) groups excluding carboxylic acids is 1. The Hall–Kier alpha value is -2.92. The molecule has 0 aliphatic heterocycles. The van der Waals surface area contributed by atoms with E-state index >= 15 is 0 Å². The largest absolute Gasteiger partial charge is 0.494 e. The molecule has 31 heavy (non-hydrogen) atoms. The van der Waals surface area contributed by atoms with E-state index in [-0.39, 0.29) is 5.91 Å². The molecule has 1 amide bonds. The average Bonchev–Trinajstić information content (AvgIpc) is 2.75. The van der Waals surface area contributed by atoms with Crippen molar-refractivity contribution in [2.45, 2.75) is 25.9 Å². The standard InChI is InChI=1S/C24H26NO5P/c1-2-3-16-30-22-14-12-19(13-15-22)18-8-10-20(11-9-18)24(26)25-23-7-5-4-6-21(23)17-31(27,28)29/h4-15H,2-3,16-17H2,1H3,(H,25,26)(H2,27,28,29). The van der Waals surface area contributed by atoms with Crippen LogP contribution < -0.4 is 10.1 Å². The molecule has 0 radical (unpaired) electrons. The molecule has 0 saturated carbocycles. The zero-order chi connectivity index (χ0) is 22.3. The van der Waals surface area contributed by atoms with Crippen LogP contribution >= 0.6 is 7.60 Å². The van der Waals surface area contributed by atoms with Crippen molar-refractivity contribution in [2.75, 3.05) is 11.9 Å². The molecule has 3 aromatic rings. The molecule has 0 atom stereocenters. The third-order valence-corrected chi connectivity index (χ3v) is 5.50. The number of hydrogen-bond acceptors (Lipinski definition) is 3. The van der Waals surface area contributed by atoms with Crippen LogP contribution in [0.5, 0.6) is 5.75 Å². The lowest BCUT2D eigenvalue weighted by atomic mass is 10.0. The Morgan fingerprint density at radius 3 is 2.16 bits per heavy atom. The molecule has 7 heteroatoms. The number of para-hydroxylation sites is 1. The second-order valence-electron chi connectivity index (χ2n) is 7.24. The van der Waals surface area contributed by atoms with Gasteiger partial charge in [-0.05, 0) is 53.4 Å². The molecular formula is C24H26NO5P. The van der Waals surface area contributed by atoms with Crippen molar-refractivity contribution in [3.63, 3.8) is 0 Å². The number of ether oxygens (including phenoxy) is 1. The Kier molecular flexibility index (Phi) is 7.64. The number of rotatable bonds is 9. The maximum absolute atomic E-state index is 12.6. The normalized spacial score (nSPS) is 11.2. The second-order valence-corrected chi connectivity index (χ2v) is 8.88. The third-order valence-electron chi connectivity index (χ3n) is 4.74. The van der Waals surface area contributed by atoms with Crippen LogP contribution in [-0.4, -0.2) is 22.3 Å². The zero-order valence-electron chi connectivity index (χ0n) is 17.3. The highest BCUT2D eigenvalue weighted by atomic mass is 31.2. The molecule has 3 rings (SSSR count). The Balaban J connectivity index is 1.68. The predicted octanol–water partition coefficient (Wildman–Crippen LogP) is 5.46. The summed E-state index contributed by atoms with van der Waals surface area (Å²) < 4.78 is 17.0. The van der Waals surface area contributed by atoms with Crippen molar-refractivity contribution in [1.29, 1.82) is 0 Å². The monoisotopic (exact) mass is 439 g/mol. The molecule has 0 spiro atoms. The molecule has 3 N–H and O–H groups in total. The van der Waals surface area contributed by atoms with Crippen molar-refractivity contribution in [3.8, 4) is 16.9 Å². The van der Waals surface area contributed by atoms with Crippen LogP contribution in [0.4, 0.5) is 5.69 Å². The quantitative estimate of drug-likeness (QED) is 0.304. The maximum Gasteiger partial charge on any atom is 0.329 e. The van der Waals surface area contributed by atoms with Crippen LogP contribution in [0.2, 0.25) is 0 Å². The molecular weight excluding hydrogens is 413 g/mol. The topological polar surface area (TPSA) is 95.9 Å². The van der Waals surface area contributed by atoms with Gasteiger partial charge in [0.05, 0.1) is 12.8 Å². The average molecular weight is 439 g/mol. The van der Waals surface area contributed by atoms with Crippen LogP contribution in [0.1, 0.15) is 35.7 Å². The van der Waals surface area contributed by atoms with Gasteiger partial charge in [0, 0.05) is 11.3 Å². The first kappa shape index (κ1) is 22.8. The lowest BCUT2D eigenvalue weighted by Crippen LogP contribution is -2.13. The number of anilines is 1. The summed E-state index contributed by atoms with van der Waals surface area (Å²) in [5.74, 6) is 0.492. The fourth-order valence-electron chi connectivity index (χ4n) is 3.09. The lowest BCUT2D eigenvalue weighted by molar-refractivity contribution is 0.102. The summed E-state index contributed by atoms with van der Waals surface area (Å²) in [6.07, 6.45) is 1.68. The Morgan fingerprint density at radius 2 is 1.55 bits per heavy atom. The third kappa shape index (κ3) is 6.79. The molecule has 0 unspecified atom stereocenters. The van der Waals surface area contributed by atoms with E-state index in [9.17, 15) is 19.1 Å². The van der Waals surface area contributed by atoms with Crippen LogP contribution in [0.25, 0.3) is 11.1 Å². The van der Waals surface area contributed by atoms with Gasteiger partial charge in [-0.25, -0.2) is 0 Å². The number of unbranched alkanes of at least 4 members (excludes halogenated alkanes) is 1. The number of carbonyl (C=O) groups is 1. The first-order valence-electron chi connectivity index (χ1n) is 10.1. The minimum absolute atomic E-state index is 0.343. The highest BCUT2D eigenvalue weighted by Crippen LogP contribution is 2.41. The van der Waals surface area contributed by atoms with Crippen molar-refractivity contribution in [3.05, 3.63) is 83.9 Å². The van der Waals surface area contributed by atoms with E-state index in [2.05, 4.69) is 12.2 Å². The predicted molar refractivity (Wildman–Crippen MR) is 122 cm³/mol. The van der Waals surface area contributed by atoms with E-state index in [1.54, 1.807) is 36.4 Å². The molecule has 0 fully saturated rings. The molecule has 0 bridgehead atoms. The van der Waals surface area contributed by atoms with Gasteiger partial charge in [-0.2, -0.15) is 0 Å². The summed E-state index contributed by atoms with van der Waals surface area (Å²) in [6, 6.07) is 21.6. The molecule has 0 aromatic heterocycles. The van der Waals surface area contributed by atoms with Gasteiger partial charge in [0.2, 0.25) is 0 Å². The number of nitrogens with one attached hydrogen (secondary N) is 1. The van der Waals surface area contributed by atoms with Crippen molar-refractivity contribution >= 4 is 19.2 Å². The van der Waals surface area contributed by atoms with Crippen LogP contribution in [0, 0.1) is 0 Å². The van der Waals surface area contributed by atoms with Crippen LogP contribution in [0.3, 0.4) is 0 Å². The van der Waals surface area contributed by atoms with E-state index in [4.69, 9.17) is 4.74 Å². The van der Waals surface area contributed by atoms with Crippen LogP contribution in [-0.2, 0) is 10.7 Å². The van der Waals surface area contributed by atoms with Gasteiger partial charge in [-0.3, -0.25) is 9.36 Å². The summed E-state index contributed by atoms with van der Waals surface area (Å²) in [6.45, 7) is 2.83. The summed E-state index contributed by atoms with van der Waals surface area (Å²) in [4.78, 5) is 31.1. The summed E-state index contributed by atoms with van der Waals surface area (Å²) in [5.41, 5.74) is 3.22. The van der Waals surface area contributed by atoms with E-state index in [0.717, 1.165) is 29.7 Å². The second kappa shape index (κ2) is 10.4. The summed E-state index contributed by atoms with van der Waals surface area (Å²) >= 11 is 0. The maximum atomic E-state index is 12.6. The van der Waals surface area contributed by atoms with Crippen LogP contribution in [0.15, 0.2) is 72.8 Å². The smallest absolute Gasteiger partial charge is 0.329 e. The zero-order valence-corrected chi connectivity index (χ0v) is 18.2. The molecule has 0 aliphatic rings. The minimum atomic E-state index is -4.24. The molecule has 0 heterocycles. The minimum Gasteiger partial charge on any atom is -0.494 e. The van der Waals surface area contributed by atoms with Gasteiger partial charge >= 0.3 is 7.60 Å². The van der Waals surface area contributed by atoms with Gasteiger partial charge < -0.3 is 19.8 Å². The fourth-order valence-corrected chi connectivity index (χ4v) is 3.81.